The quantitative estimate of drug-likeness (QED) is 0.315. The Kier molecular flexibility index (Phi) is 6.11. The number of aromatic nitrogens is 4. The standard InChI is InChI=1S/C17H28N8O2SSi/c1-17(2,3)29(5,6)27-13-10(7-28-4)26-16(11(13)23-24-19)25-9-22-12-14(18)20-8-21-15(12)25/h8-11,13,16H,7H2,1-6H3,(H2,18,20,21)/t10-,11-,13-,16-/m1/s1. The van der Waals surface area contributed by atoms with Crippen LogP contribution in [0.2, 0.25) is 18.1 Å². The highest BCUT2D eigenvalue weighted by Gasteiger charge is 2.50. The number of hydrogen-bond acceptors (Lipinski definition) is 8. The predicted octanol–water partition coefficient (Wildman–Crippen LogP) is 3.74. The maximum Gasteiger partial charge on any atom is 0.192 e. The minimum absolute atomic E-state index is 0.0132. The number of ether oxygens (including phenoxy) is 1. The fraction of sp³-hybridized carbons (Fsp3) is 0.706. The smallest absolute Gasteiger partial charge is 0.192 e. The molecule has 2 N–H and O–H groups in total. The van der Waals surface area contributed by atoms with Gasteiger partial charge in [0.1, 0.15) is 24.1 Å². The maximum absolute atomic E-state index is 9.27. The van der Waals surface area contributed by atoms with Crippen LogP contribution >= 0.6 is 11.8 Å². The number of azide groups is 1. The topological polar surface area (TPSA) is 137 Å². The molecule has 2 aromatic heterocycles. The highest BCUT2D eigenvalue weighted by molar-refractivity contribution is 7.98. The van der Waals surface area contributed by atoms with Crippen LogP contribution < -0.4 is 5.73 Å². The van der Waals surface area contributed by atoms with E-state index in [0.717, 1.165) is 5.75 Å². The van der Waals surface area contributed by atoms with E-state index in [2.05, 4.69) is 58.8 Å². The van der Waals surface area contributed by atoms with Crippen LogP contribution in [0.3, 0.4) is 0 Å². The van der Waals surface area contributed by atoms with Gasteiger partial charge in [0.15, 0.2) is 19.8 Å². The zero-order valence-corrected chi connectivity index (χ0v) is 19.4. The Morgan fingerprint density at radius 2 is 2.10 bits per heavy atom. The van der Waals surface area contributed by atoms with Crippen LogP contribution in [0.25, 0.3) is 21.6 Å². The highest BCUT2D eigenvalue weighted by atomic mass is 32.2. The van der Waals surface area contributed by atoms with E-state index in [4.69, 9.17) is 14.9 Å². The van der Waals surface area contributed by atoms with E-state index in [9.17, 15) is 5.53 Å². The first-order valence-electron chi connectivity index (χ1n) is 9.40. The van der Waals surface area contributed by atoms with Gasteiger partial charge in [0.25, 0.3) is 0 Å². The Balaban J connectivity index is 2.04. The van der Waals surface area contributed by atoms with E-state index in [0.29, 0.717) is 17.0 Å². The first-order chi connectivity index (χ1) is 13.6. The minimum atomic E-state index is -2.13. The molecule has 0 aliphatic carbocycles. The lowest BCUT2D eigenvalue weighted by Crippen LogP contribution is -2.49. The third-order valence-electron chi connectivity index (χ3n) is 5.72. The van der Waals surface area contributed by atoms with E-state index >= 15 is 0 Å². The number of nitrogen functional groups attached to an aromatic ring is 1. The summed E-state index contributed by atoms with van der Waals surface area (Å²) in [7, 11) is -2.13. The molecule has 0 amide bonds. The zero-order chi connectivity index (χ0) is 21.4. The molecule has 0 unspecified atom stereocenters. The molecule has 158 valence electrons. The molecule has 4 atom stereocenters. The van der Waals surface area contributed by atoms with Crippen LogP contribution in [0.15, 0.2) is 17.8 Å². The van der Waals surface area contributed by atoms with E-state index < -0.39 is 20.6 Å². The van der Waals surface area contributed by atoms with Gasteiger partial charge < -0.3 is 14.9 Å². The minimum Gasteiger partial charge on any atom is -0.411 e. The van der Waals surface area contributed by atoms with Crippen molar-refractivity contribution in [2.45, 2.75) is 63.4 Å². The number of hydrogen-bond donors (Lipinski definition) is 1. The number of rotatable bonds is 6. The second-order valence-corrected chi connectivity index (χ2v) is 14.3. The van der Waals surface area contributed by atoms with Gasteiger partial charge in [-0.3, -0.25) is 4.57 Å². The van der Waals surface area contributed by atoms with Crippen LogP contribution in [0, 0.1) is 0 Å². The largest absolute Gasteiger partial charge is 0.411 e. The summed E-state index contributed by atoms with van der Waals surface area (Å²) in [6.07, 6.45) is 3.83. The lowest BCUT2D eigenvalue weighted by Gasteiger charge is -2.40. The second kappa shape index (κ2) is 8.11. The SMILES string of the molecule is CSC[C@H]1O[C@@H](n2cnc3c(N)ncnc32)[C@H](N=[N+]=[N-])[C@@H]1O[Si](C)(C)C(C)(C)C. The molecule has 1 saturated heterocycles. The molecule has 3 heterocycles. The first-order valence-corrected chi connectivity index (χ1v) is 13.7. The van der Waals surface area contributed by atoms with E-state index in [1.54, 1.807) is 22.7 Å². The van der Waals surface area contributed by atoms with Crippen molar-refractivity contribution in [3.05, 3.63) is 23.1 Å². The Morgan fingerprint density at radius 3 is 2.72 bits per heavy atom. The molecule has 1 fully saturated rings. The zero-order valence-electron chi connectivity index (χ0n) is 17.6. The number of anilines is 1. The van der Waals surface area contributed by atoms with Gasteiger partial charge in [-0.2, -0.15) is 11.8 Å². The number of fused-ring (bicyclic) bond motifs is 1. The Morgan fingerprint density at radius 1 is 1.38 bits per heavy atom. The van der Waals surface area contributed by atoms with Crippen LogP contribution in [0.5, 0.6) is 0 Å². The molecular formula is C17H28N8O2SSi. The second-order valence-electron chi connectivity index (χ2n) is 8.64. The van der Waals surface area contributed by atoms with Gasteiger partial charge in [0.05, 0.1) is 18.5 Å². The van der Waals surface area contributed by atoms with Crippen molar-refractivity contribution < 1.29 is 9.16 Å². The summed E-state index contributed by atoms with van der Waals surface area (Å²) in [5.74, 6) is 1.01. The molecule has 0 aromatic carbocycles. The number of thioether (sulfide) groups is 1. The van der Waals surface area contributed by atoms with Gasteiger partial charge in [-0.25, -0.2) is 15.0 Å². The average Bonchev–Trinajstić information content (AvgIpc) is 3.18. The normalized spacial score (nSPS) is 25.3. The molecule has 2 aromatic rings. The fourth-order valence-corrected chi connectivity index (χ4v) is 5.07. The number of imidazole rings is 1. The van der Waals surface area contributed by atoms with Gasteiger partial charge in [0.2, 0.25) is 0 Å². The first kappa shape index (κ1) is 21.8. The van der Waals surface area contributed by atoms with Gasteiger partial charge in [-0.1, -0.05) is 25.9 Å². The van der Waals surface area contributed by atoms with E-state index in [1.807, 2.05) is 6.26 Å². The van der Waals surface area contributed by atoms with Crippen molar-refractivity contribution in [2.75, 3.05) is 17.7 Å². The van der Waals surface area contributed by atoms with Gasteiger partial charge in [-0.15, -0.1) is 0 Å². The van der Waals surface area contributed by atoms with E-state index in [1.165, 1.54) is 6.33 Å². The van der Waals surface area contributed by atoms with Gasteiger partial charge in [0, 0.05) is 10.7 Å². The third kappa shape index (κ3) is 4.08. The predicted molar refractivity (Wildman–Crippen MR) is 117 cm³/mol. The summed E-state index contributed by atoms with van der Waals surface area (Å²) in [5, 5.41) is 4.10. The van der Waals surface area contributed by atoms with Crippen molar-refractivity contribution in [3.63, 3.8) is 0 Å². The van der Waals surface area contributed by atoms with Crippen LogP contribution in [-0.4, -0.2) is 58.1 Å². The molecule has 29 heavy (non-hydrogen) atoms. The monoisotopic (exact) mass is 436 g/mol. The Hall–Kier alpha value is -1.85. The Labute approximate surface area is 175 Å². The summed E-state index contributed by atoms with van der Waals surface area (Å²) in [6, 6.07) is -0.556. The number of nitrogens with zero attached hydrogens (tertiary/aromatic N) is 7. The molecule has 0 radical (unpaired) electrons. The molecule has 1 aliphatic heterocycles. The van der Waals surface area contributed by atoms with Gasteiger partial charge >= 0.3 is 0 Å². The average molecular weight is 437 g/mol. The molecule has 12 heteroatoms. The van der Waals surface area contributed by atoms with Crippen molar-refractivity contribution in [1.82, 2.24) is 19.5 Å². The van der Waals surface area contributed by atoms with Crippen LogP contribution in [-0.2, 0) is 9.16 Å². The summed E-state index contributed by atoms with van der Waals surface area (Å²) in [6.45, 7) is 10.9. The van der Waals surface area contributed by atoms with Crippen molar-refractivity contribution in [2.24, 2.45) is 5.11 Å². The molecule has 3 rings (SSSR count). The summed E-state index contributed by atoms with van der Waals surface area (Å²) in [5.41, 5.74) is 16.2. The summed E-state index contributed by atoms with van der Waals surface area (Å²) >= 11 is 1.67. The molecule has 0 saturated carbocycles. The lowest BCUT2D eigenvalue weighted by molar-refractivity contribution is -0.00322. The Bertz CT molecular complexity index is 924. The van der Waals surface area contributed by atoms with Gasteiger partial charge in [-0.05, 0) is 29.9 Å². The molecule has 0 bridgehead atoms. The van der Waals surface area contributed by atoms with Crippen molar-refractivity contribution in [3.8, 4) is 0 Å². The number of nitrogens with two attached hydrogens (primary N) is 1. The van der Waals surface area contributed by atoms with Crippen LogP contribution in [0.1, 0.15) is 27.0 Å². The summed E-state index contributed by atoms with van der Waals surface area (Å²) in [4.78, 5) is 15.7. The van der Waals surface area contributed by atoms with E-state index in [-0.39, 0.29) is 17.2 Å². The van der Waals surface area contributed by atoms with Crippen molar-refractivity contribution in [1.29, 1.82) is 0 Å². The summed E-state index contributed by atoms with van der Waals surface area (Å²) < 4.78 is 14.8. The molecule has 1 aliphatic rings. The fourth-order valence-electron chi connectivity index (χ4n) is 3.15. The molecular weight excluding hydrogens is 408 g/mol. The maximum atomic E-state index is 9.27. The highest BCUT2D eigenvalue weighted by Crippen LogP contribution is 2.43. The van der Waals surface area contributed by atoms with Crippen molar-refractivity contribution >= 4 is 37.1 Å². The molecule has 10 nitrogen and oxygen atoms in total. The third-order valence-corrected chi connectivity index (χ3v) is 10.9. The molecule has 0 spiro atoms. The lowest BCUT2D eigenvalue weighted by atomic mass is 10.1. The van der Waals surface area contributed by atoms with Crippen LogP contribution in [0.4, 0.5) is 5.82 Å².